The SMILES string of the molecule is CN(CC1CCNCC1)C(=O)c1cccc(Cl)c1F. The van der Waals surface area contributed by atoms with Gasteiger partial charge in [-0.1, -0.05) is 17.7 Å². The van der Waals surface area contributed by atoms with Crippen LogP contribution in [-0.4, -0.2) is 37.5 Å². The predicted octanol–water partition coefficient (Wildman–Crippen LogP) is 2.55. The van der Waals surface area contributed by atoms with E-state index in [2.05, 4.69) is 5.32 Å². The van der Waals surface area contributed by atoms with Crippen molar-refractivity contribution in [2.75, 3.05) is 26.7 Å². The van der Waals surface area contributed by atoms with Crippen LogP contribution in [0.25, 0.3) is 0 Å². The number of benzene rings is 1. The van der Waals surface area contributed by atoms with Crippen LogP contribution in [0.2, 0.25) is 5.02 Å². The van der Waals surface area contributed by atoms with Gasteiger partial charge in [-0.2, -0.15) is 0 Å². The molecule has 1 aliphatic heterocycles. The second kappa shape index (κ2) is 6.35. The lowest BCUT2D eigenvalue weighted by Gasteiger charge is -2.27. The van der Waals surface area contributed by atoms with Crippen molar-refractivity contribution in [3.05, 3.63) is 34.6 Å². The molecule has 0 bridgehead atoms. The largest absolute Gasteiger partial charge is 0.341 e. The summed E-state index contributed by atoms with van der Waals surface area (Å²) in [6.07, 6.45) is 2.10. The average Bonchev–Trinajstić information content (AvgIpc) is 2.42. The number of nitrogens with zero attached hydrogens (tertiary/aromatic N) is 1. The third-order valence-corrected chi connectivity index (χ3v) is 3.81. The van der Waals surface area contributed by atoms with Gasteiger partial charge in [0.05, 0.1) is 10.6 Å². The van der Waals surface area contributed by atoms with Crippen LogP contribution in [0.3, 0.4) is 0 Å². The zero-order valence-corrected chi connectivity index (χ0v) is 11.7. The molecule has 0 aliphatic carbocycles. The van der Waals surface area contributed by atoms with Crippen LogP contribution in [0, 0.1) is 11.7 Å². The van der Waals surface area contributed by atoms with Crippen LogP contribution >= 0.6 is 11.6 Å². The standard InChI is InChI=1S/C14H18ClFN2O/c1-18(9-10-5-7-17-8-6-10)14(19)11-3-2-4-12(15)13(11)16/h2-4,10,17H,5-9H2,1H3. The molecular weight excluding hydrogens is 267 g/mol. The Morgan fingerprint density at radius 3 is 2.84 bits per heavy atom. The zero-order valence-electron chi connectivity index (χ0n) is 11.0. The summed E-state index contributed by atoms with van der Waals surface area (Å²) in [4.78, 5) is 13.8. The lowest BCUT2D eigenvalue weighted by atomic mass is 9.97. The Labute approximate surface area is 117 Å². The molecule has 19 heavy (non-hydrogen) atoms. The number of carbonyl (C=O) groups is 1. The number of piperidine rings is 1. The van der Waals surface area contributed by atoms with Crippen molar-refractivity contribution in [3.63, 3.8) is 0 Å². The van der Waals surface area contributed by atoms with Gasteiger partial charge in [-0.25, -0.2) is 4.39 Å². The van der Waals surface area contributed by atoms with Gasteiger partial charge in [-0.15, -0.1) is 0 Å². The Morgan fingerprint density at radius 2 is 2.16 bits per heavy atom. The molecule has 1 saturated heterocycles. The summed E-state index contributed by atoms with van der Waals surface area (Å²) in [7, 11) is 1.71. The zero-order chi connectivity index (χ0) is 13.8. The molecule has 1 aromatic carbocycles. The highest BCUT2D eigenvalue weighted by Crippen LogP contribution is 2.20. The van der Waals surface area contributed by atoms with E-state index in [0.717, 1.165) is 25.9 Å². The maximum atomic E-state index is 13.8. The maximum absolute atomic E-state index is 13.8. The fourth-order valence-electron chi connectivity index (χ4n) is 2.41. The molecule has 1 N–H and O–H groups in total. The van der Waals surface area contributed by atoms with E-state index in [1.54, 1.807) is 18.0 Å². The molecule has 1 aliphatic rings. The molecule has 1 fully saturated rings. The summed E-state index contributed by atoms with van der Waals surface area (Å²) in [6.45, 7) is 2.63. The van der Waals surface area contributed by atoms with E-state index >= 15 is 0 Å². The van der Waals surface area contributed by atoms with E-state index in [1.807, 2.05) is 0 Å². The Kier molecular flexibility index (Phi) is 4.77. The fraction of sp³-hybridized carbons (Fsp3) is 0.500. The lowest BCUT2D eigenvalue weighted by Crippen LogP contribution is -2.37. The van der Waals surface area contributed by atoms with Crippen molar-refractivity contribution < 1.29 is 9.18 Å². The number of carbonyl (C=O) groups excluding carboxylic acids is 1. The number of rotatable bonds is 3. The Hall–Kier alpha value is -1.13. The summed E-state index contributed by atoms with van der Waals surface area (Å²) in [6, 6.07) is 4.51. The minimum atomic E-state index is -0.633. The van der Waals surface area contributed by atoms with E-state index in [9.17, 15) is 9.18 Å². The summed E-state index contributed by atoms with van der Waals surface area (Å²) < 4.78 is 13.8. The Bertz CT molecular complexity index is 461. The molecule has 0 unspecified atom stereocenters. The second-order valence-electron chi connectivity index (χ2n) is 4.98. The van der Waals surface area contributed by atoms with Gasteiger partial charge in [-0.05, 0) is 44.0 Å². The maximum Gasteiger partial charge on any atom is 0.256 e. The number of halogens is 2. The molecule has 5 heteroatoms. The summed E-state index contributed by atoms with van der Waals surface area (Å²) in [5, 5.41) is 3.27. The fourth-order valence-corrected chi connectivity index (χ4v) is 2.58. The predicted molar refractivity (Wildman–Crippen MR) is 74.0 cm³/mol. The molecular formula is C14H18ClFN2O. The number of hydrogen-bond acceptors (Lipinski definition) is 2. The van der Waals surface area contributed by atoms with Crippen molar-refractivity contribution in [1.29, 1.82) is 0 Å². The number of nitrogens with one attached hydrogen (secondary N) is 1. The number of amides is 1. The lowest BCUT2D eigenvalue weighted by molar-refractivity contribution is 0.0758. The highest BCUT2D eigenvalue weighted by atomic mass is 35.5. The first kappa shape index (κ1) is 14.3. The molecule has 1 heterocycles. The van der Waals surface area contributed by atoms with Crippen molar-refractivity contribution >= 4 is 17.5 Å². The molecule has 3 nitrogen and oxygen atoms in total. The van der Waals surface area contributed by atoms with E-state index in [-0.39, 0.29) is 16.5 Å². The van der Waals surface area contributed by atoms with Crippen LogP contribution in [-0.2, 0) is 0 Å². The van der Waals surface area contributed by atoms with Gasteiger partial charge >= 0.3 is 0 Å². The van der Waals surface area contributed by atoms with Gasteiger partial charge in [0, 0.05) is 13.6 Å². The number of hydrogen-bond donors (Lipinski definition) is 1. The van der Waals surface area contributed by atoms with Crippen molar-refractivity contribution in [2.24, 2.45) is 5.92 Å². The third-order valence-electron chi connectivity index (χ3n) is 3.52. The van der Waals surface area contributed by atoms with Gasteiger partial charge in [0.25, 0.3) is 5.91 Å². The highest BCUT2D eigenvalue weighted by molar-refractivity contribution is 6.31. The molecule has 104 valence electrons. The summed E-state index contributed by atoms with van der Waals surface area (Å²) in [5.74, 6) is -0.456. The molecule has 2 rings (SSSR count). The molecule has 0 atom stereocenters. The van der Waals surface area contributed by atoms with Crippen LogP contribution in [0.15, 0.2) is 18.2 Å². The first-order valence-electron chi connectivity index (χ1n) is 6.50. The van der Waals surface area contributed by atoms with Crippen LogP contribution < -0.4 is 5.32 Å². The third kappa shape index (κ3) is 3.45. The van der Waals surface area contributed by atoms with Gasteiger partial charge < -0.3 is 10.2 Å². The first-order valence-corrected chi connectivity index (χ1v) is 6.87. The molecule has 0 saturated carbocycles. The van der Waals surface area contributed by atoms with Crippen molar-refractivity contribution in [2.45, 2.75) is 12.8 Å². The highest BCUT2D eigenvalue weighted by Gasteiger charge is 2.21. The minimum absolute atomic E-state index is 0.0129. The van der Waals surface area contributed by atoms with Crippen LogP contribution in [0.4, 0.5) is 4.39 Å². The normalized spacial score (nSPS) is 16.4. The van der Waals surface area contributed by atoms with Gasteiger partial charge in [0.2, 0.25) is 0 Å². The quantitative estimate of drug-likeness (QED) is 0.925. The topological polar surface area (TPSA) is 32.3 Å². The first-order chi connectivity index (χ1) is 9.09. The monoisotopic (exact) mass is 284 g/mol. The van der Waals surface area contributed by atoms with E-state index < -0.39 is 5.82 Å². The van der Waals surface area contributed by atoms with Crippen molar-refractivity contribution in [3.8, 4) is 0 Å². The molecule has 0 aromatic heterocycles. The van der Waals surface area contributed by atoms with Crippen LogP contribution in [0.1, 0.15) is 23.2 Å². The van der Waals surface area contributed by atoms with Gasteiger partial charge in [-0.3, -0.25) is 4.79 Å². The minimum Gasteiger partial charge on any atom is -0.341 e. The Morgan fingerprint density at radius 1 is 1.47 bits per heavy atom. The molecule has 0 spiro atoms. The van der Waals surface area contributed by atoms with E-state index in [1.165, 1.54) is 12.1 Å². The van der Waals surface area contributed by atoms with E-state index in [4.69, 9.17) is 11.6 Å². The average molecular weight is 285 g/mol. The smallest absolute Gasteiger partial charge is 0.256 e. The molecule has 1 amide bonds. The summed E-state index contributed by atoms with van der Waals surface area (Å²) in [5.41, 5.74) is 0.0453. The summed E-state index contributed by atoms with van der Waals surface area (Å²) >= 11 is 5.70. The van der Waals surface area contributed by atoms with Crippen LogP contribution in [0.5, 0.6) is 0 Å². The Balaban J connectivity index is 2.03. The van der Waals surface area contributed by atoms with Crippen molar-refractivity contribution in [1.82, 2.24) is 10.2 Å². The van der Waals surface area contributed by atoms with Gasteiger partial charge in [0.1, 0.15) is 0 Å². The van der Waals surface area contributed by atoms with E-state index in [0.29, 0.717) is 12.5 Å². The molecule has 1 aromatic rings. The van der Waals surface area contributed by atoms with Gasteiger partial charge in [0.15, 0.2) is 5.82 Å². The second-order valence-corrected chi connectivity index (χ2v) is 5.39. The molecule has 0 radical (unpaired) electrons.